The molecule has 4 heteroatoms. The summed E-state index contributed by atoms with van der Waals surface area (Å²) in [4.78, 5) is 4.57. The zero-order chi connectivity index (χ0) is 11.2. The maximum Gasteiger partial charge on any atom is 0.160 e. The van der Waals surface area contributed by atoms with Crippen LogP contribution in [0.3, 0.4) is 0 Å². The lowest BCUT2D eigenvalue weighted by molar-refractivity contribution is 0.112. The summed E-state index contributed by atoms with van der Waals surface area (Å²) in [5.41, 5.74) is 1.85. The van der Waals surface area contributed by atoms with Crippen LogP contribution in [0.5, 0.6) is 0 Å². The number of aliphatic hydroxyl groups is 1. The zero-order valence-electron chi connectivity index (χ0n) is 9.35. The summed E-state index contributed by atoms with van der Waals surface area (Å²) < 4.78 is 1.81. The molecule has 1 aliphatic rings. The molecule has 2 aromatic rings. The number of hydrogen-bond donors (Lipinski definition) is 1. The van der Waals surface area contributed by atoms with Crippen LogP contribution < -0.4 is 0 Å². The molecule has 0 unspecified atom stereocenters. The number of aromatic nitrogens is 3. The molecule has 84 valence electrons. The largest absolute Gasteiger partial charge is 0.395 e. The molecule has 3 rings (SSSR count). The predicted molar refractivity (Wildman–Crippen MR) is 60.3 cm³/mol. The van der Waals surface area contributed by atoms with Gasteiger partial charge in [0.1, 0.15) is 0 Å². The van der Waals surface area contributed by atoms with E-state index in [1.165, 1.54) is 0 Å². The summed E-state index contributed by atoms with van der Waals surface area (Å²) in [5.74, 6) is 0.801. The van der Waals surface area contributed by atoms with Gasteiger partial charge in [0.15, 0.2) is 11.5 Å². The van der Waals surface area contributed by atoms with Crippen molar-refractivity contribution in [2.24, 2.45) is 0 Å². The first kappa shape index (κ1) is 9.78. The zero-order valence-corrected chi connectivity index (χ0v) is 9.35. The van der Waals surface area contributed by atoms with Crippen LogP contribution in [-0.4, -0.2) is 26.3 Å². The van der Waals surface area contributed by atoms with Crippen molar-refractivity contribution < 1.29 is 5.11 Å². The molecule has 0 aromatic carbocycles. The molecule has 1 fully saturated rings. The Kier molecular flexibility index (Phi) is 2.01. The summed E-state index contributed by atoms with van der Waals surface area (Å²) in [7, 11) is 0. The highest BCUT2D eigenvalue weighted by Crippen LogP contribution is 2.41. The molecule has 16 heavy (non-hydrogen) atoms. The molecule has 4 nitrogen and oxygen atoms in total. The lowest BCUT2D eigenvalue weighted by Gasteiger charge is -2.37. The van der Waals surface area contributed by atoms with Crippen molar-refractivity contribution in [1.82, 2.24) is 14.6 Å². The third-order valence-electron chi connectivity index (χ3n) is 3.65. The van der Waals surface area contributed by atoms with Crippen LogP contribution in [-0.2, 0) is 5.41 Å². The van der Waals surface area contributed by atoms with Gasteiger partial charge in [-0.05, 0) is 31.4 Å². The van der Waals surface area contributed by atoms with Gasteiger partial charge in [-0.1, -0.05) is 12.5 Å². The number of fused-ring (bicyclic) bond motifs is 1. The summed E-state index contributed by atoms with van der Waals surface area (Å²) in [6, 6.07) is 3.99. The van der Waals surface area contributed by atoms with E-state index in [4.69, 9.17) is 0 Å². The fourth-order valence-electron chi connectivity index (χ4n) is 2.32. The number of pyridine rings is 1. The van der Waals surface area contributed by atoms with Crippen molar-refractivity contribution in [3.63, 3.8) is 0 Å². The minimum atomic E-state index is -0.168. The standard InChI is InChI=1S/C12H15N3O/c1-9-4-2-7-15-10(9)13-11(14-15)12(8-16)5-3-6-12/h2,4,7,16H,3,5-6,8H2,1H3. The van der Waals surface area contributed by atoms with Gasteiger partial charge in [-0.15, -0.1) is 0 Å². The quantitative estimate of drug-likeness (QED) is 0.828. The van der Waals surface area contributed by atoms with Crippen LogP contribution >= 0.6 is 0 Å². The van der Waals surface area contributed by atoms with E-state index in [0.717, 1.165) is 36.3 Å². The van der Waals surface area contributed by atoms with E-state index in [1.54, 1.807) is 4.52 Å². The van der Waals surface area contributed by atoms with Crippen LogP contribution in [0.25, 0.3) is 5.65 Å². The van der Waals surface area contributed by atoms with Crippen LogP contribution in [0.4, 0.5) is 0 Å². The smallest absolute Gasteiger partial charge is 0.160 e. The minimum absolute atomic E-state index is 0.156. The normalized spacial score (nSPS) is 18.6. The Morgan fingerprint density at radius 2 is 2.31 bits per heavy atom. The molecule has 1 N–H and O–H groups in total. The van der Waals surface area contributed by atoms with Crippen molar-refractivity contribution in [3.8, 4) is 0 Å². The van der Waals surface area contributed by atoms with Crippen molar-refractivity contribution >= 4 is 5.65 Å². The van der Waals surface area contributed by atoms with Gasteiger partial charge in [-0.3, -0.25) is 0 Å². The first-order valence-corrected chi connectivity index (χ1v) is 5.68. The molecule has 0 aliphatic heterocycles. The van der Waals surface area contributed by atoms with Gasteiger partial charge in [0.25, 0.3) is 0 Å². The lowest BCUT2D eigenvalue weighted by atomic mass is 9.69. The third kappa shape index (κ3) is 1.19. The van der Waals surface area contributed by atoms with Gasteiger partial charge >= 0.3 is 0 Å². The molecule has 1 aliphatic carbocycles. The summed E-state index contributed by atoms with van der Waals surface area (Å²) >= 11 is 0. The van der Waals surface area contributed by atoms with Crippen LogP contribution in [0.15, 0.2) is 18.3 Å². The van der Waals surface area contributed by atoms with Crippen molar-refractivity contribution in [3.05, 3.63) is 29.7 Å². The van der Waals surface area contributed by atoms with E-state index in [2.05, 4.69) is 10.1 Å². The molecule has 2 aromatic heterocycles. The predicted octanol–water partition coefficient (Wildman–Crippen LogP) is 1.45. The maximum absolute atomic E-state index is 9.50. The van der Waals surface area contributed by atoms with E-state index in [0.29, 0.717) is 0 Å². The van der Waals surface area contributed by atoms with Gasteiger partial charge < -0.3 is 5.11 Å². The highest BCUT2D eigenvalue weighted by atomic mass is 16.3. The Hall–Kier alpha value is -1.42. The Morgan fingerprint density at radius 1 is 1.50 bits per heavy atom. The molecule has 0 spiro atoms. The highest BCUT2D eigenvalue weighted by molar-refractivity contribution is 5.46. The average Bonchev–Trinajstić information content (AvgIpc) is 2.62. The molecule has 0 atom stereocenters. The second-order valence-electron chi connectivity index (χ2n) is 4.69. The van der Waals surface area contributed by atoms with Crippen LogP contribution in [0.1, 0.15) is 30.7 Å². The topological polar surface area (TPSA) is 50.4 Å². The molecule has 1 saturated carbocycles. The first-order chi connectivity index (χ1) is 7.75. The lowest BCUT2D eigenvalue weighted by Crippen LogP contribution is -2.39. The van der Waals surface area contributed by atoms with Crippen molar-refractivity contribution in [1.29, 1.82) is 0 Å². The number of aryl methyl sites for hydroxylation is 1. The number of rotatable bonds is 2. The Balaban J connectivity index is 2.15. The minimum Gasteiger partial charge on any atom is -0.395 e. The molecule has 2 heterocycles. The second kappa shape index (κ2) is 3.28. The van der Waals surface area contributed by atoms with Gasteiger partial charge in [0, 0.05) is 6.20 Å². The van der Waals surface area contributed by atoms with E-state index >= 15 is 0 Å². The fourth-order valence-corrected chi connectivity index (χ4v) is 2.32. The molecular formula is C12H15N3O. The van der Waals surface area contributed by atoms with Crippen LogP contribution in [0, 0.1) is 6.92 Å². The van der Waals surface area contributed by atoms with E-state index in [-0.39, 0.29) is 12.0 Å². The van der Waals surface area contributed by atoms with Gasteiger partial charge in [-0.2, -0.15) is 5.10 Å². The second-order valence-corrected chi connectivity index (χ2v) is 4.69. The summed E-state index contributed by atoms with van der Waals surface area (Å²) in [6.07, 6.45) is 5.07. The Labute approximate surface area is 93.9 Å². The number of aliphatic hydroxyl groups excluding tert-OH is 1. The monoisotopic (exact) mass is 217 g/mol. The van der Waals surface area contributed by atoms with Gasteiger partial charge in [-0.25, -0.2) is 9.50 Å². The molecule has 0 radical (unpaired) electrons. The van der Waals surface area contributed by atoms with Crippen LogP contribution in [0.2, 0.25) is 0 Å². The molecule has 0 bridgehead atoms. The van der Waals surface area contributed by atoms with Gasteiger partial charge in [0.2, 0.25) is 0 Å². The Bertz CT molecular complexity index is 523. The van der Waals surface area contributed by atoms with Crippen molar-refractivity contribution in [2.45, 2.75) is 31.6 Å². The van der Waals surface area contributed by atoms with E-state index < -0.39 is 0 Å². The molecule has 0 saturated heterocycles. The third-order valence-corrected chi connectivity index (χ3v) is 3.65. The highest BCUT2D eigenvalue weighted by Gasteiger charge is 2.41. The Morgan fingerprint density at radius 3 is 2.88 bits per heavy atom. The fraction of sp³-hybridized carbons (Fsp3) is 0.500. The SMILES string of the molecule is Cc1cccn2nc(C3(CO)CCC3)nc12. The average molecular weight is 217 g/mol. The van der Waals surface area contributed by atoms with E-state index in [1.807, 2.05) is 25.3 Å². The molecule has 0 amide bonds. The first-order valence-electron chi connectivity index (χ1n) is 5.68. The van der Waals surface area contributed by atoms with Gasteiger partial charge in [0.05, 0.1) is 12.0 Å². The van der Waals surface area contributed by atoms with E-state index in [9.17, 15) is 5.11 Å². The summed E-state index contributed by atoms with van der Waals surface area (Å²) in [6.45, 7) is 2.18. The molecular weight excluding hydrogens is 202 g/mol. The summed E-state index contributed by atoms with van der Waals surface area (Å²) in [5, 5.41) is 14.0. The number of nitrogens with zero attached hydrogens (tertiary/aromatic N) is 3. The van der Waals surface area contributed by atoms with Crippen molar-refractivity contribution in [2.75, 3.05) is 6.61 Å². The maximum atomic E-state index is 9.50. The number of hydrogen-bond acceptors (Lipinski definition) is 3.